The maximum absolute atomic E-state index is 6.31. The highest BCUT2D eigenvalue weighted by molar-refractivity contribution is 5.14. The van der Waals surface area contributed by atoms with Gasteiger partial charge < -0.3 is 10.6 Å². The van der Waals surface area contributed by atoms with E-state index in [4.69, 9.17) is 5.73 Å². The van der Waals surface area contributed by atoms with Gasteiger partial charge in [0.1, 0.15) is 0 Å². The fourth-order valence-corrected chi connectivity index (χ4v) is 3.33. The molecule has 0 bridgehead atoms. The van der Waals surface area contributed by atoms with Gasteiger partial charge in [0.25, 0.3) is 0 Å². The fourth-order valence-electron chi connectivity index (χ4n) is 3.33. The van der Waals surface area contributed by atoms with Crippen LogP contribution < -0.4 is 5.73 Å². The third-order valence-corrected chi connectivity index (χ3v) is 4.57. The Hall–Kier alpha value is -0.860. The van der Waals surface area contributed by atoms with Gasteiger partial charge in [0.05, 0.1) is 0 Å². The molecule has 2 nitrogen and oxygen atoms in total. The standard InChI is InChI=1S/C17H28N2/c1-3-14-9-10-17(18)16(11-14)13-19(2)12-15-7-5-4-6-8-15/h4-8,14,16-17H,3,9-13,18H2,1-2H3. The van der Waals surface area contributed by atoms with Crippen LogP contribution in [-0.4, -0.2) is 24.5 Å². The highest BCUT2D eigenvalue weighted by Crippen LogP contribution is 2.30. The van der Waals surface area contributed by atoms with Gasteiger partial charge in [-0.3, -0.25) is 0 Å². The van der Waals surface area contributed by atoms with Crippen LogP contribution in [-0.2, 0) is 6.54 Å². The van der Waals surface area contributed by atoms with E-state index in [1.165, 1.54) is 31.2 Å². The molecule has 0 aromatic heterocycles. The SMILES string of the molecule is CCC1CCC(N)C(CN(C)Cc2ccccc2)C1. The Kier molecular flexibility index (Phi) is 5.41. The first-order valence-corrected chi connectivity index (χ1v) is 7.67. The third-order valence-electron chi connectivity index (χ3n) is 4.57. The molecule has 0 spiro atoms. The maximum Gasteiger partial charge on any atom is 0.0230 e. The van der Waals surface area contributed by atoms with Crippen LogP contribution in [0.25, 0.3) is 0 Å². The first kappa shape index (κ1) is 14.5. The maximum atomic E-state index is 6.31. The Morgan fingerprint density at radius 3 is 2.63 bits per heavy atom. The molecule has 1 saturated carbocycles. The van der Waals surface area contributed by atoms with Crippen LogP contribution in [0.15, 0.2) is 30.3 Å². The molecule has 0 amide bonds. The minimum absolute atomic E-state index is 0.404. The highest BCUT2D eigenvalue weighted by Gasteiger charge is 2.27. The molecule has 106 valence electrons. The molecule has 1 aromatic rings. The van der Waals surface area contributed by atoms with Crippen molar-refractivity contribution in [2.24, 2.45) is 17.6 Å². The van der Waals surface area contributed by atoms with Gasteiger partial charge in [-0.2, -0.15) is 0 Å². The van der Waals surface area contributed by atoms with Crippen molar-refractivity contribution in [2.45, 2.75) is 45.2 Å². The van der Waals surface area contributed by atoms with Crippen molar-refractivity contribution in [3.05, 3.63) is 35.9 Å². The van der Waals surface area contributed by atoms with Gasteiger partial charge in [-0.25, -0.2) is 0 Å². The molecule has 19 heavy (non-hydrogen) atoms. The zero-order valence-electron chi connectivity index (χ0n) is 12.4. The topological polar surface area (TPSA) is 29.3 Å². The molecule has 3 atom stereocenters. The summed E-state index contributed by atoms with van der Waals surface area (Å²) in [6.45, 7) is 4.47. The van der Waals surface area contributed by atoms with Crippen molar-refractivity contribution in [3.63, 3.8) is 0 Å². The number of hydrogen-bond acceptors (Lipinski definition) is 2. The van der Waals surface area contributed by atoms with E-state index in [9.17, 15) is 0 Å². The molecule has 0 aliphatic heterocycles. The molecular formula is C17H28N2. The van der Waals surface area contributed by atoms with E-state index < -0.39 is 0 Å². The Labute approximate surface area is 118 Å². The summed E-state index contributed by atoms with van der Waals surface area (Å²) in [6.07, 6.45) is 5.17. The van der Waals surface area contributed by atoms with Crippen molar-refractivity contribution >= 4 is 0 Å². The average molecular weight is 260 g/mol. The molecule has 0 saturated heterocycles. The van der Waals surface area contributed by atoms with Gasteiger partial charge in [0.2, 0.25) is 0 Å². The van der Waals surface area contributed by atoms with Crippen LogP contribution in [0.1, 0.15) is 38.2 Å². The lowest BCUT2D eigenvalue weighted by Crippen LogP contribution is -2.42. The fraction of sp³-hybridized carbons (Fsp3) is 0.647. The summed E-state index contributed by atoms with van der Waals surface area (Å²) in [4.78, 5) is 2.43. The van der Waals surface area contributed by atoms with E-state index in [1.54, 1.807) is 0 Å². The highest BCUT2D eigenvalue weighted by atomic mass is 15.1. The monoisotopic (exact) mass is 260 g/mol. The number of rotatable bonds is 5. The minimum Gasteiger partial charge on any atom is -0.327 e. The van der Waals surface area contributed by atoms with Gasteiger partial charge >= 0.3 is 0 Å². The second-order valence-corrected chi connectivity index (χ2v) is 6.19. The van der Waals surface area contributed by atoms with Crippen molar-refractivity contribution < 1.29 is 0 Å². The molecule has 1 aliphatic rings. The van der Waals surface area contributed by atoms with Crippen molar-refractivity contribution in [1.29, 1.82) is 0 Å². The van der Waals surface area contributed by atoms with E-state index in [1.807, 2.05) is 0 Å². The van der Waals surface area contributed by atoms with Crippen LogP contribution >= 0.6 is 0 Å². The van der Waals surface area contributed by atoms with Crippen LogP contribution in [0, 0.1) is 11.8 Å². The smallest absolute Gasteiger partial charge is 0.0230 e. The lowest BCUT2D eigenvalue weighted by atomic mass is 9.77. The Morgan fingerprint density at radius 2 is 1.95 bits per heavy atom. The molecule has 1 aliphatic carbocycles. The third kappa shape index (κ3) is 4.32. The molecule has 1 aromatic carbocycles. The van der Waals surface area contributed by atoms with Gasteiger partial charge in [-0.05, 0) is 43.7 Å². The van der Waals surface area contributed by atoms with Crippen LogP contribution in [0.5, 0.6) is 0 Å². The summed E-state index contributed by atoms with van der Waals surface area (Å²) in [5.41, 5.74) is 7.70. The minimum atomic E-state index is 0.404. The van der Waals surface area contributed by atoms with Crippen molar-refractivity contribution in [3.8, 4) is 0 Å². The summed E-state index contributed by atoms with van der Waals surface area (Å²) in [5.74, 6) is 1.57. The summed E-state index contributed by atoms with van der Waals surface area (Å²) in [7, 11) is 2.22. The molecule has 2 N–H and O–H groups in total. The summed E-state index contributed by atoms with van der Waals surface area (Å²) < 4.78 is 0. The van der Waals surface area contributed by atoms with Crippen LogP contribution in [0.2, 0.25) is 0 Å². The lowest BCUT2D eigenvalue weighted by molar-refractivity contribution is 0.168. The number of nitrogens with two attached hydrogens (primary N) is 1. The molecule has 0 radical (unpaired) electrons. The zero-order valence-corrected chi connectivity index (χ0v) is 12.4. The summed E-state index contributed by atoms with van der Waals surface area (Å²) in [6, 6.07) is 11.1. The van der Waals surface area contributed by atoms with Gasteiger partial charge in [0, 0.05) is 19.1 Å². The van der Waals surface area contributed by atoms with Gasteiger partial charge in [-0.1, -0.05) is 43.7 Å². The Morgan fingerprint density at radius 1 is 1.21 bits per heavy atom. The summed E-state index contributed by atoms with van der Waals surface area (Å²) in [5, 5.41) is 0. The molecule has 0 heterocycles. The first-order valence-electron chi connectivity index (χ1n) is 7.67. The van der Waals surface area contributed by atoms with E-state index in [0.29, 0.717) is 12.0 Å². The van der Waals surface area contributed by atoms with Crippen LogP contribution in [0.3, 0.4) is 0 Å². The first-order chi connectivity index (χ1) is 9.19. The van der Waals surface area contributed by atoms with Crippen molar-refractivity contribution in [1.82, 2.24) is 4.90 Å². The number of benzene rings is 1. The molecule has 1 fully saturated rings. The Balaban J connectivity index is 1.85. The van der Waals surface area contributed by atoms with Gasteiger partial charge in [-0.15, -0.1) is 0 Å². The molecule has 3 unspecified atom stereocenters. The predicted octanol–water partition coefficient (Wildman–Crippen LogP) is 3.27. The van der Waals surface area contributed by atoms with E-state index >= 15 is 0 Å². The quantitative estimate of drug-likeness (QED) is 0.880. The summed E-state index contributed by atoms with van der Waals surface area (Å²) >= 11 is 0. The molecular weight excluding hydrogens is 232 g/mol. The number of hydrogen-bond donors (Lipinski definition) is 1. The lowest BCUT2D eigenvalue weighted by Gasteiger charge is -2.36. The number of nitrogens with zero attached hydrogens (tertiary/aromatic N) is 1. The normalized spacial score (nSPS) is 27.7. The molecule has 2 rings (SSSR count). The largest absolute Gasteiger partial charge is 0.327 e. The predicted molar refractivity (Wildman–Crippen MR) is 81.9 cm³/mol. The van der Waals surface area contributed by atoms with Crippen LogP contribution in [0.4, 0.5) is 0 Å². The van der Waals surface area contributed by atoms with E-state index in [-0.39, 0.29) is 0 Å². The molecule has 2 heteroatoms. The van der Waals surface area contributed by atoms with Crippen molar-refractivity contribution in [2.75, 3.05) is 13.6 Å². The second kappa shape index (κ2) is 7.06. The van der Waals surface area contributed by atoms with E-state index in [2.05, 4.69) is 49.2 Å². The van der Waals surface area contributed by atoms with Gasteiger partial charge in [0.15, 0.2) is 0 Å². The average Bonchev–Trinajstić information content (AvgIpc) is 2.42. The Bertz CT molecular complexity index is 363. The van der Waals surface area contributed by atoms with E-state index in [0.717, 1.165) is 19.0 Å². The zero-order chi connectivity index (χ0) is 13.7. The second-order valence-electron chi connectivity index (χ2n) is 6.19.